The number of para-hydroxylation sites is 1. The van der Waals surface area contributed by atoms with E-state index >= 15 is 0 Å². The van der Waals surface area contributed by atoms with Crippen molar-refractivity contribution in [3.8, 4) is 28.0 Å². The zero-order valence-electron chi connectivity index (χ0n) is 51.8. The average molecular weight is 1130 g/mol. The summed E-state index contributed by atoms with van der Waals surface area (Å²) < 4.78 is 6.53. The lowest BCUT2D eigenvalue weighted by Gasteiger charge is -2.37. The molecule has 5 heteroatoms. The highest BCUT2D eigenvalue weighted by Gasteiger charge is 2.48. The Balaban J connectivity index is 0.000000371. The van der Waals surface area contributed by atoms with E-state index < -0.39 is 5.41 Å². The van der Waals surface area contributed by atoms with Gasteiger partial charge in [-0.2, -0.15) is 0 Å². The van der Waals surface area contributed by atoms with Gasteiger partial charge in [-0.1, -0.05) is 254 Å². The second-order valence-electron chi connectivity index (χ2n) is 20.7. The van der Waals surface area contributed by atoms with Crippen molar-refractivity contribution in [2.75, 3.05) is 0 Å². The van der Waals surface area contributed by atoms with E-state index in [1.807, 2.05) is 64.1 Å². The molecular weight excluding hydrogens is 1040 g/mol. The maximum atomic E-state index is 6.53. The predicted octanol–water partition coefficient (Wildman–Crippen LogP) is 20.8. The molecule has 1 N–H and O–H groups in total. The summed E-state index contributed by atoms with van der Waals surface area (Å²) in [6, 6.07) is 65.4. The Morgan fingerprint density at radius 2 is 1.19 bits per heavy atom. The first kappa shape index (κ1) is 64.0. The molecule has 0 heterocycles. The van der Waals surface area contributed by atoms with Crippen LogP contribution in [-0.2, 0) is 31.3 Å². The molecule has 1 spiro atoms. The third kappa shape index (κ3) is 14.0. The fraction of sp³-hybridized carbons (Fsp3) is 0.185. The summed E-state index contributed by atoms with van der Waals surface area (Å²) in [7, 11) is 0. The standard InChI is InChI=1S/C59H48N2O.C9H11N.C8H10.2C2H6.CH3N/c1-6-46-19-15-23-50(47-20-10-7-16-38(47)2)51-22-12-13-24-54(51)59(46)55-30-26-41(36-60-5)32-52(55)53-33-42(27-31-56(53)59)37-61-58(40(4)62-57-25-14-8-17-39(57)3)44-28-29-49-45(35-44)34-43-18-9-11-21-48(43)49;1-8(10-2)9-6-4-3-5-7-9;1-2-8-6-4-3-5-7-8;3*1-2/h6-33,35H,4-5,34,36-37H2,1-3H3;3-6,9H,1-2,7H2;3-7H,2H2,1H3;2*1-2H3;2H,1H2/b19-15-,46-6-,50-23-,61-58?;;;;;. The minimum atomic E-state index is -0.570. The number of aryl methyl sites for hydroxylation is 3. The second kappa shape index (κ2) is 31.4. The summed E-state index contributed by atoms with van der Waals surface area (Å²) in [6.45, 7) is 35.6. The van der Waals surface area contributed by atoms with Gasteiger partial charge < -0.3 is 10.1 Å². The van der Waals surface area contributed by atoms with Gasteiger partial charge in [0.25, 0.3) is 0 Å². The van der Waals surface area contributed by atoms with Crippen molar-refractivity contribution in [3.63, 3.8) is 0 Å². The Kier molecular flexibility index (Phi) is 23.3. The molecule has 0 aliphatic heterocycles. The maximum absolute atomic E-state index is 6.53. The third-order valence-corrected chi connectivity index (χ3v) is 15.8. The van der Waals surface area contributed by atoms with Crippen LogP contribution < -0.4 is 4.74 Å². The van der Waals surface area contributed by atoms with Gasteiger partial charge in [-0.25, -0.2) is 0 Å². The van der Waals surface area contributed by atoms with Crippen molar-refractivity contribution in [1.29, 1.82) is 5.41 Å². The highest BCUT2D eigenvalue weighted by atomic mass is 16.5. The van der Waals surface area contributed by atoms with Gasteiger partial charge in [0.2, 0.25) is 0 Å². The first-order chi connectivity index (χ1) is 42.2. The van der Waals surface area contributed by atoms with Crippen LogP contribution in [0.2, 0.25) is 0 Å². The first-order valence-corrected chi connectivity index (χ1v) is 30.1. The van der Waals surface area contributed by atoms with E-state index in [2.05, 4.69) is 265 Å². The fourth-order valence-corrected chi connectivity index (χ4v) is 11.8. The van der Waals surface area contributed by atoms with E-state index in [9.17, 15) is 0 Å². The molecule has 12 rings (SSSR count). The molecule has 434 valence electrons. The first-order valence-electron chi connectivity index (χ1n) is 30.1. The van der Waals surface area contributed by atoms with Gasteiger partial charge in [-0.15, -0.1) is 0 Å². The maximum Gasteiger partial charge on any atom is 0.146 e. The van der Waals surface area contributed by atoms with E-state index in [1.165, 1.54) is 83.5 Å². The lowest BCUT2D eigenvalue weighted by Crippen LogP contribution is -2.31. The van der Waals surface area contributed by atoms with E-state index in [-0.39, 0.29) is 0 Å². The van der Waals surface area contributed by atoms with Gasteiger partial charge in [0, 0.05) is 17.2 Å². The van der Waals surface area contributed by atoms with Crippen LogP contribution in [0.25, 0.3) is 27.8 Å². The van der Waals surface area contributed by atoms with Gasteiger partial charge in [-0.3, -0.25) is 15.0 Å². The summed E-state index contributed by atoms with van der Waals surface area (Å²) in [6.07, 6.45) is 20.4. The Morgan fingerprint density at radius 1 is 0.593 bits per heavy atom. The van der Waals surface area contributed by atoms with E-state index in [4.69, 9.17) is 15.1 Å². The van der Waals surface area contributed by atoms with Crippen LogP contribution in [0.5, 0.6) is 5.75 Å². The molecular formula is C81H84N4O. The fourth-order valence-electron chi connectivity index (χ4n) is 11.8. The summed E-state index contributed by atoms with van der Waals surface area (Å²) in [4.78, 5) is 13.5. The van der Waals surface area contributed by atoms with Crippen LogP contribution in [-0.4, -0.2) is 25.9 Å². The molecule has 0 saturated carbocycles. The number of ether oxygens (including phenoxy) is 1. The van der Waals surface area contributed by atoms with Crippen LogP contribution in [0.4, 0.5) is 0 Å². The Bertz CT molecular complexity index is 3880. The van der Waals surface area contributed by atoms with Crippen LogP contribution in [0.3, 0.4) is 0 Å². The molecule has 0 amide bonds. The number of aliphatic imine (C=N–C) groups is 3. The summed E-state index contributed by atoms with van der Waals surface area (Å²) in [5.41, 5.74) is 24.3. The quantitative estimate of drug-likeness (QED) is 0.0961. The number of rotatable bonds is 12. The minimum absolute atomic E-state index is 0.377. The van der Waals surface area contributed by atoms with Crippen molar-refractivity contribution in [2.45, 2.75) is 93.2 Å². The molecule has 8 aromatic carbocycles. The van der Waals surface area contributed by atoms with Crippen LogP contribution >= 0.6 is 0 Å². The van der Waals surface area contributed by atoms with Crippen molar-refractivity contribution in [1.82, 2.24) is 0 Å². The van der Waals surface area contributed by atoms with Crippen molar-refractivity contribution in [2.24, 2.45) is 20.9 Å². The van der Waals surface area contributed by atoms with Gasteiger partial charge in [-0.05, 0) is 185 Å². The van der Waals surface area contributed by atoms with Gasteiger partial charge in [0.1, 0.15) is 17.2 Å². The number of nitrogens with zero attached hydrogens (tertiary/aromatic N) is 3. The monoisotopic (exact) mass is 1130 g/mol. The number of hydrogen-bond donors (Lipinski definition) is 1. The zero-order valence-corrected chi connectivity index (χ0v) is 51.8. The molecule has 0 saturated heterocycles. The molecule has 0 fully saturated rings. The summed E-state index contributed by atoms with van der Waals surface area (Å²) in [5.74, 6) is 1.68. The molecule has 86 heavy (non-hydrogen) atoms. The molecule has 0 aromatic heterocycles. The normalized spacial score (nSPS) is 16.5. The second-order valence-corrected chi connectivity index (χ2v) is 20.7. The zero-order chi connectivity index (χ0) is 61.6. The van der Waals surface area contributed by atoms with Gasteiger partial charge >= 0.3 is 0 Å². The Hall–Kier alpha value is -9.58. The van der Waals surface area contributed by atoms with Gasteiger partial charge in [0.15, 0.2) is 0 Å². The van der Waals surface area contributed by atoms with Crippen LogP contribution in [0.1, 0.15) is 120 Å². The largest absolute Gasteiger partial charge is 0.455 e. The lowest BCUT2D eigenvalue weighted by atomic mass is 9.64. The van der Waals surface area contributed by atoms with Crippen LogP contribution in [0, 0.1) is 25.2 Å². The third-order valence-electron chi connectivity index (χ3n) is 15.8. The Labute approximate surface area is 514 Å². The molecule has 4 aliphatic rings. The van der Waals surface area contributed by atoms with E-state index in [1.54, 1.807) is 0 Å². The molecule has 4 aliphatic carbocycles. The highest BCUT2D eigenvalue weighted by Crippen LogP contribution is 2.59. The Morgan fingerprint density at radius 3 is 1.80 bits per heavy atom. The molecule has 2 unspecified atom stereocenters. The molecule has 2 atom stereocenters. The molecule has 0 radical (unpaired) electrons. The predicted molar refractivity (Wildman–Crippen MR) is 372 cm³/mol. The number of hydrogen-bond acceptors (Lipinski definition) is 5. The smallest absolute Gasteiger partial charge is 0.146 e. The number of allylic oxidation sites excluding steroid dienone is 10. The number of nitrogens with one attached hydrogen (secondary N) is 1. The van der Waals surface area contributed by atoms with Gasteiger partial charge in [0.05, 0.1) is 18.5 Å². The van der Waals surface area contributed by atoms with E-state index in [0.29, 0.717) is 24.8 Å². The van der Waals surface area contributed by atoms with E-state index in [0.717, 1.165) is 58.7 Å². The number of benzene rings is 8. The van der Waals surface area contributed by atoms with Crippen molar-refractivity contribution in [3.05, 3.63) is 333 Å². The summed E-state index contributed by atoms with van der Waals surface area (Å²) in [5, 5.41) is 5.50. The molecule has 5 nitrogen and oxygen atoms in total. The SMILES string of the molecule is C=N.C=NC(=C)C1C=CC=CC1.C=NCc1ccc2c(c1)-c1cc(CN=C(C(=C)Oc3ccccc3C)c3ccc4c(c3)Cc3ccccc3-4)ccc1C21C(=C\C)/C=C\C=C(\c2ccccc2C)c2ccccc21.CC.CC.CCc1ccccc1. The van der Waals surface area contributed by atoms with Crippen molar-refractivity contribution < 1.29 is 4.74 Å². The molecule has 0 bridgehead atoms. The number of fused-ring (bicyclic) bond motifs is 10. The average Bonchev–Trinajstić information content (AvgIpc) is 1.54. The van der Waals surface area contributed by atoms with Crippen molar-refractivity contribution >= 4 is 31.4 Å². The summed E-state index contributed by atoms with van der Waals surface area (Å²) >= 11 is 0. The molecule has 8 aromatic rings. The topological polar surface area (TPSA) is 70.2 Å². The minimum Gasteiger partial charge on any atom is -0.455 e. The highest BCUT2D eigenvalue weighted by molar-refractivity contribution is 6.12. The lowest BCUT2D eigenvalue weighted by molar-refractivity contribution is 0.453. The van der Waals surface area contributed by atoms with Crippen LogP contribution in [0.15, 0.2) is 276 Å².